The Morgan fingerprint density at radius 1 is 1.44 bits per heavy atom. The van der Waals surface area contributed by atoms with Crippen molar-refractivity contribution in [2.45, 2.75) is 53.1 Å². The van der Waals surface area contributed by atoms with E-state index in [4.69, 9.17) is 15.7 Å². The van der Waals surface area contributed by atoms with Crippen LogP contribution in [0.25, 0.3) is 0 Å². The number of nitrogens with one attached hydrogen (secondary N) is 1. The van der Waals surface area contributed by atoms with Crippen LogP contribution < -0.4 is 11.1 Å². The fourth-order valence-corrected chi connectivity index (χ4v) is 4.34. The number of nitriles is 1. The maximum Gasteiger partial charge on any atom is 0.341 e. The van der Waals surface area contributed by atoms with E-state index < -0.39 is 5.91 Å². The van der Waals surface area contributed by atoms with E-state index in [1.54, 1.807) is 26.8 Å². The second-order valence-electron chi connectivity index (χ2n) is 6.61. The molecule has 0 aromatic carbocycles. The van der Waals surface area contributed by atoms with Crippen LogP contribution in [0.1, 0.15) is 54.9 Å². The first-order valence-electron chi connectivity index (χ1n) is 8.27. The van der Waals surface area contributed by atoms with Crippen molar-refractivity contribution in [3.8, 4) is 6.07 Å². The standard InChI is InChI=1S/C18H23N3O3S/c1-9(2)24-18(23)15-12-6-5-10(3)7-14(12)25-17(15)21-11(4)13(8-19)16(20)22/h9-10,21H,5-7H2,1-4H3,(H2,20,22)/b13-11+/t10-/m1/s1. The zero-order valence-electron chi connectivity index (χ0n) is 14.9. The Kier molecular flexibility index (Phi) is 5.85. The molecule has 0 fully saturated rings. The molecule has 0 aliphatic heterocycles. The normalized spacial score (nSPS) is 17.4. The molecule has 1 aliphatic carbocycles. The van der Waals surface area contributed by atoms with Gasteiger partial charge in [-0.1, -0.05) is 6.92 Å². The number of hydrogen-bond donors (Lipinski definition) is 2. The highest BCUT2D eigenvalue weighted by Gasteiger charge is 2.29. The van der Waals surface area contributed by atoms with Crippen LogP contribution in [0.2, 0.25) is 0 Å². The van der Waals surface area contributed by atoms with Crippen molar-refractivity contribution < 1.29 is 14.3 Å². The lowest BCUT2D eigenvalue weighted by molar-refractivity contribution is -0.114. The van der Waals surface area contributed by atoms with Gasteiger partial charge in [-0.2, -0.15) is 5.26 Å². The molecule has 1 aliphatic rings. The number of anilines is 1. The van der Waals surface area contributed by atoms with Crippen LogP contribution in [0.4, 0.5) is 5.00 Å². The third-order valence-electron chi connectivity index (χ3n) is 4.09. The molecule has 1 heterocycles. The van der Waals surface area contributed by atoms with Gasteiger partial charge in [0.2, 0.25) is 0 Å². The van der Waals surface area contributed by atoms with Crippen molar-refractivity contribution in [1.82, 2.24) is 0 Å². The van der Waals surface area contributed by atoms with E-state index in [1.807, 2.05) is 0 Å². The van der Waals surface area contributed by atoms with Gasteiger partial charge in [-0.15, -0.1) is 11.3 Å². The van der Waals surface area contributed by atoms with Gasteiger partial charge in [0.15, 0.2) is 0 Å². The van der Waals surface area contributed by atoms with Gasteiger partial charge in [0.25, 0.3) is 5.91 Å². The van der Waals surface area contributed by atoms with Crippen LogP contribution in [-0.2, 0) is 22.4 Å². The van der Waals surface area contributed by atoms with Gasteiger partial charge >= 0.3 is 5.97 Å². The lowest BCUT2D eigenvalue weighted by atomic mass is 9.88. The number of hydrogen-bond acceptors (Lipinski definition) is 6. The van der Waals surface area contributed by atoms with Gasteiger partial charge in [-0.3, -0.25) is 4.79 Å². The van der Waals surface area contributed by atoms with Gasteiger partial charge in [0, 0.05) is 10.6 Å². The molecule has 0 radical (unpaired) electrons. The smallest absolute Gasteiger partial charge is 0.341 e. The lowest BCUT2D eigenvalue weighted by Crippen LogP contribution is -2.18. The molecule has 0 unspecified atom stereocenters. The van der Waals surface area contributed by atoms with Crippen LogP contribution in [0.5, 0.6) is 0 Å². The van der Waals surface area contributed by atoms with E-state index in [0.717, 1.165) is 29.7 Å². The molecule has 7 heteroatoms. The number of rotatable bonds is 5. The Labute approximate surface area is 151 Å². The minimum atomic E-state index is -0.797. The van der Waals surface area contributed by atoms with E-state index in [0.29, 0.717) is 22.2 Å². The second kappa shape index (κ2) is 7.70. The summed E-state index contributed by atoms with van der Waals surface area (Å²) >= 11 is 1.48. The highest BCUT2D eigenvalue weighted by molar-refractivity contribution is 7.16. The predicted molar refractivity (Wildman–Crippen MR) is 97.2 cm³/mol. The number of esters is 1. The van der Waals surface area contributed by atoms with Crippen LogP contribution in [0.15, 0.2) is 11.3 Å². The number of fused-ring (bicyclic) bond motifs is 1. The Morgan fingerprint density at radius 2 is 2.12 bits per heavy atom. The molecule has 6 nitrogen and oxygen atoms in total. The zero-order valence-corrected chi connectivity index (χ0v) is 15.8. The van der Waals surface area contributed by atoms with E-state index in [9.17, 15) is 9.59 Å². The summed E-state index contributed by atoms with van der Waals surface area (Å²) in [6.45, 7) is 7.39. The summed E-state index contributed by atoms with van der Waals surface area (Å²) in [4.78, 5) is 25.1. The molecular weight excluding hydrogens is 338 g/mol. The lowest BCUT2D eigenvalue weighted by Gasteiger charge is -2.19. The first-order chi connectivity index (χ1) is 11.7. The number of ether oxygens (including phenoxy) is 1. The molecule has 0 spiro atoms. The Hall–Kier alpha value is -2.33. The second-order valence-corrected chi connectivity index (χ2v) is 7.72. The number of primary amides is 1. The van der Waals surface area contributed by atoms with Crippen LogP contribution in [0, 0.1) is 17.2 Å². The van der Waals surface area contributed by atoms with Crippen molar-refractivity contribution >= 4 is 28.2 Å². The van der Waals surface area contributed by atoms with Crippen molar-refractivity contribution in [2.75, 3.05) is 5.32 Å². The van der Waals surface area contributed by atoms with Gasteiger partial charge < -0.3 is 15.8 Å². The summed E-state index contributed by atoms with van der Waals surface area (Å²) in [6, 6.07) is 1.80. The molecule has 25 heavy (non-hydrogen) atoms. The molecule has 1 amide bonds. The average molecular weight is 361 g/mol. The summed E-state index contributed by atoms with van der Waals surface area (Å²) in [5.41, 5.74) is 6.95. The Balaban J connectivity index is 2.48. The van der Waals surface area contributed by atoms with Crippen molar-refractivity contribution in [3.05, 3.63) is 27.3 Å². The molecule has 1 atom stereocenters. The first kappa shape index (κ1) is 19.0. The SMILES string of the molecule is C/C(Nc1sc2c(c1C(=O)OC(C)C)CC[C@@H](C)C2)=C(/C#N)C(N)=O. The molecular formula is C18H23N3O3S. The summed E-state index contributed by atoms with van der Waals surface area (Å²) in [7, 11) is 0. The number of amides is 1. The predicted octanol–water partition coefficient (Wildman–Crippen LogP) is 3.13. The summed E-state index contributed by atoms with van der Waals surface area (Å²) in [5, 5.41) is 12.8. The minimum Gasteiger partial charge on any atom is -0.459 e. The van der Waals surface area contributed by atoms with Gasteiger partial charge in [-0.05, 0) is 51.5 Å². The van der Waals surface area contributed by atoms with Crippen molar-refractivity contribution in [3.63, 3.8) is 0 Å². The molecule has 0 bridgehead atoms. The highest BCUT2D eigenvalue weighted by Crippen LogP contribution is 2.40. The molecule has 2 rings (SSSR count). The monoisotopic (exact) mass is 361 g/mol. The topological polar surface area (TPSA) is 105 Å². The Morgan fingerprint density at radius 3 is 2.68 bits per heavy atom. The van der Waals surface area contributed by atoms with Crippen molar-refractivity contribution in [1.29, 1.82) is 5.26 Å². The first-order valence-corrected chi connectivity index (χ1v) is 9.09. The number of thiophene rings is 1. The van der Waals surface area contributed by atoms with Crippen LogP contribution >= 0.6 is 11.3 Å². The van der Waals surface area contributed by atoms with E-state index in [2.05, 4.69) is 12.2 Å². The molecule has 1 aromatic heterocycles. The Bertz CT molecular complexity index is 771. The fraction of sp³-hybridized carbons (Fsp3) is 0.500. The van der Waals surface area contributed by atoms with E-state index in [1.165, 1.54) is 11.3 Å². The largest absolute Gasteiger partial charge is 0.459 e. The van der Waals surface area contributed by atoms with Gasteiger partial charge in [0.05, 0.1) is 11.7 Å². The third-order valence-corrected chi connectivity index (χ3v) is 5.26. The fourth-order valence-electron chi connectivity index (χ4n) is 2.88. The van der Waals surface area contributed by atoms with Gasteiger partial charge in [0.1, 0.15) is 16.6 Å². The summed E-state index contributed by atoms with van der Waals surface area (Å²) in [5.74, 6) is -0.617. The maximum atomic E-state index is 12.6. The zero-order chi connectivity index (χ0) is 18.7. The highest BCUT2D eigenvalue weighted by atomic mass is 32.1. The maximum absolute atomic E-state index is 12.6. The van der Waals surface area contributed by atoms with E-state index >= 15 is 0 Å². The van der Waals surface area contributed by atoms with Crippen LogP contribution in [-0.4, -0.2) is 18.0 Å². The van der Waals surface area contributed by atoms with E-state index in [-0.39, 0.29) is 17.6 Å². The molecule has 1 aromatic rings. The molecule has 134 valence electrons. The minimum absolute atomic E-state index is 0.150. The molecule has 3 N–H and O–H groups in total. The van der Waals surface area contributed by atoms with Crippen LogP contribution in [0.3, 0.4) is 0 Å². The van der Waals surface area contributed by atoms with Crippen molar-refractivity contribution in [2.24, 2.45) is 11.7 Å². The molecule has 0 saturated carbocycles. The summed E-state index contributed by atoms with van der Waals surface area (Å²) in [6.07, 6.45) is 2.52. The summed E-state index contributed by atoms with van der Waals surface area (Å²) < 4.78 is 5.40. The van der Waals surface area contributed by atoms with Gasteiger partial charge in [-0.25, -0.2) is 4.79 Å². The quantitative estimate of drug-likeness (QED) is 0.476. The number of allylic oxidation sites excluding steroid dienone is 1. The number of carbonyl (C=O) groups excluding carboxylic acids is 2. The number of nitrogens with zero attached hydrogens (tertiary/aromatic N) is 1. The number of carbonyl (C=O) groups is 2. The average Bonchev–Trinajstić information content (AvgIpc) is 2.83. The molecule has 0 saturated heterocycles. The third kappa shape index (κ3) is 4.20. The number of nitrogens with two attached hydrogens (primary N) is 1.